The second kappa shape index (κ2) is 11.8. The molecule has 0 aliphatic rings. The van der Waals surface area contributed by atoms with E-state index in [0.717, 1.165) is 16.3 Å². The van der Waals surface area contributed by atoms with Crippen molar-refractivity contribution in [3.05, 3.63) is 53.6 Å². The van der Waals surface area contributed by atoms with E-state index in [1.165, 1.54) is 13.2 Å². The Kier molecular flexibility index (Phi) is 8.84. The number of ether oxygens (including phenoxy) is 1. The number of anilines is 5. The van der Waals surface area contributed by atoms with Gasteiger partial charge in [0.1, 0.15) is 23.2 Å². The molecule has 198 valence electrons. The van der Waals surface area contributed by atoms with Gasteiger partial charge in [0.2, 0.25) is 10.0 Å². The average molecular weight is 530 g/mol. The van der Waals surface area contributed by atoms with Gasteiger partial charge in [-0.1, -0.05) is 0 Å². The number of carbonyl (C=O) groups excluding carboxylic acids is 1. The van der Waals surface area contributed by atoms with E-state index in [9.17, 15) is 13.2 Å². The van der Waals surface area contributed by atoms with E-state index in [2.05, 4.69) is 31.1 Å². The van der Waals surface area contributed by atoms with Crippen molar-refractivity contribution in [1.29, 1.82) is 0 Å². The van der Waals surface area contributed by atoms with Crippen LogP contribution in [-0.2, 0) is 14.9 Å². The van der Waals surface area contributed by atoms with Crippen LogP contribution in [0.5, 0.6) is 5.75 Å². The third-order valence-corrected chi connectivity index (χ3v) is 6.26. The Morgan fingerprint density at radius 1 is 1.00 bits per heavy atom. The van der Waals surface area contributed by atoms with Crippen LogP contribution in [0.2, 0.25) is 0 Å². The molecule has 0 aliphatic heterocycles. The molecule has 0 unspecified atom stereocenters. The topological polar surface area (TPSA) is 148 Å². The van der Waals surface area contributed by atoms with Crippen LogP contribution in [0.15, 0.2) is 36.5 Å². The summed E-state index contributed by atoms with van der Waals surface area (Å²) in [5.74, 6) is 1.50. The second-order valence-corrected chi connectivity index (χ2v) is 10.0. The standard InChI is InChI=1S/C24H31N7O5S/c1-7-35-17-9-10-19(21(12-17)31(5)37(6,33)34)28-20-13-22(25-14-18(20)24(32)30-36-8-2)29-23-11-15(3)26-16(4)27-23/h9-14H,7-8H2,1-6H3,(H,30,32)(H2,25,26,27,28,29). The first-order valence-electron chi connectivity index (χ1n) is 11.5. The summed E-state index contributed by atoms with van der Waals surface area (Å²) >= 11 is 0. The van der Waals surface area contributed by atoms with Crippen molar-refractivity contribution < 1.29 is 22.8 Å². The number of aromatic nitrogens is 3. The molecule has 3 rings (SSSR count). The summed E-state index contributed by atoms with van der Waals surface area (Å²) in [6.45, 7) is 7.90. The van der Waals surface area contributed by atoms with Gasteiger partial charge in [0, 0.05) is 37.1 Å². The molecule has 0 saturated carbocycles. The molecule has 1 amide bonds. The summed E-state index contributed by atoms with van der Waals surface area (Å²) in [6, 6.07) is 8.38. The van der Waals surface area contributed by atoms with E-state index in [-0.39, 0.29) is 12.2 Å². The molecule has 2 heterocycles. The van der Waals surface area contributed by atoms with Crippen LogP contribution in [-0.4, -0.2) is 55.8 Å². The number of aryl methyl sites for hydroxylation is 2. The zero-order valence-corrected chi connectivity index (χ0v) is 22.4. The van der Waals surface area contributed by atoms with E-state index in [1.807, 2.05) is 13.8 Å². The maximum absolute atomic E-state index is 12.8. The molecule has 0 spiro atoms. The van der Waals surface area contributed by atoms with E-state index in [0.29, 0.717) is 46.9 Å². The summed E-state index contributed by atoms with van der Waals surface area (Å²) < 4.78 is 31.4. The highest BCUT2D eigenvalue weighted by Gasteiger charge is 2.20. The highest BCUT2D eigenvalue weighted by Crippen LogP contribution is 2.35. The monoisotopic (exact) mass is 529 g/mol. The van der Waals surface area contributed by atoms with Gasteiger partial charge in [-0.05, 0) is 39.8 Å². The molecule has 0 aliphatic carbocycles. The molecule has 3 aromatic rings. The van der Waals surface area contributed by atoms with Crippen molar-refractivity contribution in [2.24, 2.45) is 0 Å². The van der Waals surface area contributed by atoms with Crippen LogP contribution < -0.4 is 25.2 Å². The van der Waals surface area contributed by atoms with Gasteiger partial charge in [-0.15, -0.1) is 0 Å². The molecule has 0 saturated heterocycles. The number of hydroxylamine groups is 1. The molecule has 0 bridgehead atoms. The molecule has 37 heavy (non-hydrogen) atoms. The highest BCUT2D eigenvalue weighted by atomic mass is 32.2. The van der Waals surface area contributed by atoms with Gasteiger partial charge in [0.15, 0.2) is 0 Å². The Balaban J connectivity index is 2.07. The minimum Gasteiger partial charge on any atom is -0.494 e. The molecule has 0 radical (unpaired) electrons. The number of carbonyl (C=O) groups is 1. The number of nitrogens with one attached hydrogen (secondary N) is 3. The number of amides is 1. The van der Waals surface area contributed by atoms with Crippen molar-refractivity contribution in [2.45, 2.75) is 27.7 Å². The number of hydrogen-bond acceptors (Lipinski definition) is 10. The van der Waals surface area contributed by atoms with E-state index in [4.69, 9.17) is 9.57 Å². The molecule has 13 heteroatoms. The number of benzene rings is 1. The maximum Gasteiger partial charge on any atom is 0.278 e. The summed E-state index contributed by atoms with van der Waals surface area (Å²) in [5, 5.41) is 6.30. The second-order valence-electron chi connectivity index (χ2n) is 8.01. The molecule has 3 N–H and O–H groups in total. The van der Waals surface area contributed by atoms with Crippen LogP contribution in [0, 0.1) is 13.8 Å². The van der Waals surface area contributed by atoms with E-state index < -0.39 is 15.9 Å². The quantitative estimate of drug-likeness (QED) is 0.315. The van der Waals surface area contributed by atoms with Crippen molar-refractivity contribution in [1.82, 2.24) is 20.4 Å². The number of sulfonamides is 1. The molecule has 2 aromatic heterocycles. The van der Waals surface area contributed by atoms with Gasteiger partial charge >= 0.3 is 0 Å². The number of hydrogen-bond donors (Lipinski definition) is 3. The third-order valence-electron chi connectivity index (χ3n) is 5.07. The lowest BCUT2D eigenvalue weighted by atomic mass is 10.2. The Hall–Kier alpha value is -3.97. The summed E-state index contributed by atoms with van der Waals surface area (Å²) in [7, 11) is -2.16. The van der Waals surface area contributed by atoms with Gasteiger partial charge in [0.25, 0.3) is 5.91 Å². The predicted octanol–water partition coefficient (Wildman–Crippen LogP) is 3.45. The fraction of sp³-hybridized carbons (Fsp3) is 0.333. The van der Waals surface area contributed by atoms with E-state index >= 15 is 0 Å². The number of nitrogens with zero attached hydrogens (tertiary/aromatic N) is 4. The van der Waals surface area contributed by atoms with Gasteiger partial charge in [-0.25, -0.2) is 28.8 Å². The zero-order chi connectivity index (χ0) is 27.2. The van der Waals surface area contributed by atoms with Crippen LogP contribution in [0.3, 0.4) is 0 Å². The minimum absolute atomic E-state index is 0.177. The fourth-order valence-corrected chi connectivity index (χ4v) is 3.88. The smallest absolute Gasteiger partial charge is 0.278 e. The minimum atomic E-state index is -3.60. The van der Waals surface area contributed by atoms with Crippen LogP contribution in [0.25, 0.3) is 0 Å². The summed E-state index contributed by atoms with van der Waals surface area (Å²) in [5.41, 5.74) is 4.42. The third kappa shape index (κ3) is 7.27. The lowest BCUT2D eigenvalue weighted by molar-refractivity contribution is 0.0365. The van der Waals surface area contributed by atoms with Crippen molar-refractivity contribution in [3.63, 3.8) is 0 Å². The first kappa shape index (κ1) is 27.6. The molecule has 12 nitrogen and oxygen atoms in total. The van der Waals surface area contributed by atoms with Gasteiger partial charge < -0.3 is 15.4 Å². The Morgan fingerprint density at radius 3 is 2.41 bits per heavy atom. The van der Waals surface area contributed by atoms with Gasteiger partial charge in [-0.3, -0.25) is 13.9 Å². The first-order chi connectivity index (χ1) is 17.5. The largest absolute Gasteiger partial charge is 0.494 e. The summed E-state index contributed by atoms with van der Waals surface area (Å²) in [6.07, 6.45) is 2.49. The van der Waals surface area contributed by atoms with Crippen LogP contribution in [0.4, 0.5) is 28.7 Å². The zero-order valence-electron chi connectivity index (χ0n) is 21.6. The Labute approximate surface area is 216 Å². The highest BCUT2D eigenvalue weighted by molar-refractivity contribution is 7.92. The van der Waals surface area contributed by atoms with Crippen LogP contribution in [0.1, 0.15) is 35.7 Å². The molecule has 0 atom stereocenters. The summed E-state index contributed by atoms with van der Waals surface area (Å²) in [4.78, 5) is 30.8. The van der Waals surface area contributed by atoms with Gasteiger partial charge in [0.05, 0.1) is 42.1 Å². The fourth-order valence-electron chi connectivity index (χ4n) is 3.37. The van der Waals surface area contributed by atoms with Gasteiger partial charge in [-0.2, -0.15) is 0 Å². The maximum atomic E-state index is 12.8. The molecular weight excluding hydrogens is 498 g/mol. The van der Waals surface area contributed by atoms with Crippen molar-refractivity contribution in [2.75, 3.05) is 41.5 Å². The van der Waals surface area contributed by atoms with Crippen molar-refractivity contribution in [3.8, 4) is 5.75 Å². The molecule has 1 aromatic carbocycles. The lowest BCUT2D eigenvalue weighted by Crippen LogP contribution is -2.26. The van der Waals surface area contributed by atoms with Crippen molar-refractivity contribution >= 4 is 44.6 Å². The number of pyridine rings is 1. The average Bonchev–Trinajstić information content (AvgIpc) is 2.82. The van der Waals surface area contributed by atoms with Crippen LogP contribution >= 0.6 is 0 Å². The first-order valence-corrected chi connectivity index (χ1v) is 13.4. The number of rotatable bonds is 11. The Bertz CT molecular complexity index is 1360. The predicted molar refractivity (Wildman–Crippen MR) is 142 cm³/mol. The molecular formula is C24H31N7O5S. The lowest BCUT2D eigenvalue weighted by Gasteiger charge is -2.23. The normalized spacial score (nSPS) is 11.1. The van der Waals surface area contributed by atoms with E-state index in [1.54, 1.807) is 44.2 Å². The SMILES string of the molecule is CCONC(=O)c1cnc(Nc2cc(C)nc(C)n2)cc1Nc1ccc(OCC)cc1N(C)S(C)(=O)=O. The molecule has 0 fully saturated rings. The Morgan fingerprint density at radius 2 is 1.76 bits per heavy atom.